The second kappa shape index (κ2) is 7.82. The van der Waals surface area contributed by atoms with Crippen molar-refractivity contribution in [1.29, 1.82) is 0 Å². The summed E-state index contributed by atoms with van der Waals surface area (Å²) in [5.41, 5.74) is 1.67. The third-order valence-corrected chi connectivity index (χ3v) is 3.88. The number of rotatable bonds is 6. The number of aromatic nitrogens is 2. The number of nitrogens with zero attached hydrogens (tertiary/aromatic N) is 2. The van der Waals surface area contributed by atoms with Crippen LogP contribution >= 0.6 is 0 Å². The lowest BCUT2D eigenvalue weighted by molar-refractivity contribution is -0.153. The van der Waals surface area contributed by atoms with Gasteiger partial charge in [-0.15, -0.1) is 0 Å². The largest absolute Gasteiger partial charge is 0.479 e. The molecule has 0 aliphatic rings. The molecule has 0 fully saturated rings. The van der Waals surface area contributed by atoms with Crippen molar-refractivity contribution >= 4 is 11.6 Å². The SMILES string of the molecule is CC[C@H](Oc1ccccc1)C(=O)OCc1cc(=O)n2cc(C)ccc2n1. The Hall–Kier alpha value is -3.15. The molecule has 0 N–H and O–H groups in total. The molecule has 0 saturated heterocycles. The predicted octanol–water partition coefficient (Wildman–Crippen LogP) is 2.90. The summed E-state index contributed by atoms with van der Waals surface area (Å²) in [7, 11) is 0. The van der Waals surface area contributed by atoms with Gasteiger partial charge in [0.15, 0.2) is 6.10 Å². The second-order valence-electron chi connectivity index (χ2n) is 5.96. The molecule has 6 nitrogen and oxygen atoms in total. The van der Waals surface area contributed by atoms with E-state index < -0.39 is 12.1 Å². The van der Waals surface area contributed by atoms with Crippen molar-refractivity contribution in [3.63, 3.8) is 0 Å². The molecular weight excluding hydrogens is 332 g/mol. The molecule has 26 heavy (non-hydrogen) atoms. The average Bonchev–Trinajstić information content (AvgIpc) is 2.65. The minimum atomic E-state index is -0.707. The van der Waals surface area contributed by atoms with Crippen LogP contribution in [0, 0.1) is 6.92 Å². The number of carbonyl (C=O) groups excluding carboxylic acids is 1. The summed E-state index contributed by atoms with van der Waals surface area (Å²) < 4.78 is 12.4. The zero-order valence-corrected chi connectivity index (χ0v) is 14.7. The Labute approximate surface area is 151 Å². The van der Waals surface area contributed by atoms with E-state index in [2.05, 4.69) is 4.98 Å². The van der Waals surface area contributed by atoms with E-state index in [-0.39, 0.29) is 12.2 Å². The van der Waals surface area contributed by atoms with Crippen LogP contribution in [0.25, 0.3) is 5.65 Å². The van der Waals surface area contributed by atoms with E-state index in [0.717, 1.165) is 5.56 Å². The molecule has 134 valence electrons. The summed E-state index contributed by atoms with van der Waals surface area (Å²) in [5, 5.41) is 0. The van der Waals surface area contributed by atoms with Crippen LogP contribution in [0.5, 0.6) is 5.75 Å². The zero-order chi connectivity index (χ0) is 18.5. The first-order valence-corrected chi connectivity index (χ1v) is 8.44. The van der Waals surface area contributed by atoms with Crippen LogP contribution in [0.3, 0.4) is 0 Å². The summed E-state index contributed by atoms with van der Waals surface area (Å²) in [5.74, 6) is 0.121. The highest BCUT2D eigenvalue weighted by Gasteiger charge is 2.20. The van der Waals surface area contributed by atoms with Crippen LogP contribution in [-0.4, -0.2) is 21.5 Å². The van der Waals surface area contributed by atoms with Crippen LogP contribution in [-0.2, 0) is 16.1 Å². The number of para-hydroxylation sites is 1. The maximum absolute atomic E-state index is 12.3. The van der Waals surface area contributed by atoms with E-state index in [1.54, 1.807) is 24.4 Å². The highest BCUT2D eigenvalue weighted by Crippen LogP contribution is 2.14. The number of carbonyl (C=O) groups is 1. The van der Waals surface area contributed by atoms with E-state index in [9.17, 15) is 9.59 Å². The molecule has 0 amide bonds. The van der Waals surface area contributed by atoms with E-state index in [4.69, 9.17) is 9.47 Å². The van der Waals surface area contributed by atoms with Gasteiger partial charge in [-0.2, -0.15) is 0 Å². The molecule has 3 rings (SSSR count). The predicted molar refractivity (Wildman–Crippen MR) is 97.1 cm³/mol. The standard InChI is InChI=1S/C20H20N2O4/c1-3-17(26-16-7-5-4-6-8-16)20(24)25-13-15-11-19(23)22-12-14(2)9-10-18(22)21-15/h4-12,17H,3,13H2,1-2H3/t17-/m0/s1. The Morgan fingerprint density at radius 2 is 1.96 bits per heavy atom. The van der Waals surface area contributed by atoms with Gasteiger partial charge in [0.2, 0.25) is 0 Å². The minimum absolute atomic E-state index is 0.0763. The van der Waals surface area contributed by atoms with Gasteiger partial charge >= 0.3 is 5.97 Å². The van der Waals surface area contributed by atoms with Crippen molar-refractivity contribution < 1.29 is 14.3 Å². The van der Waals surface area contributed by atoms with Crippen LogP contribution < -0.4 is 10.3 Å². The van der Waals surface area contributed by atoms with Gasteiger partial charge in [0.05, 0.1) is 5.69 Å². The Morgan fingerprint density at radius 3 is 2.69 bits per heavy atom. The highest BCUT2D eigenvalue weighted by atomic mass is 16.6. The average molecular weight is 352 g/mol. The lowest BCUT2D eigenvalue weighted by Crippen LogP contribution is -2.29. The molecule has 1 atom stereocenters. The number of hydrogen-bond donors (Lipinski definition) is 0. The van der Waals surface area contributed by atoms with E-state index in [1.807, 2.05) is 38.1 Å². The van der Waals surface area contributed by atoms with Crippen molar-refractivity contribution in [2.45, 2.75) is 33.0 Å². The first-order valence-electron chi connectivity index (χ1n) is 8.44. The zero-order valence-electron chi connectivity index (χ0n) is 14.7. The van der Waals surface area contributed by atoms with Crippen LogP contribution in [0.1, 0.15) is 24.6 Å². The first kappa shape index (κ1) is 17.7. The molecule has 0 saturated carbocycles. The van der Waals surface area contributed by atoms with Gasteiger partial charge in [0.25, 0.3) is 5.56 Å². The number of esters is 1. The third-order valence-electron chi connectivity index (χ3n) is 3.88. The van der Waals surface area contributed by atoms with Gasteiger partial charge in [0.1, 0.15) is 18.0 Å². The van der Waals surface area contributed by atoms with Crippen molar-refractivity contribution in [2.24, 2.45) is 0 Å². The summed E-state index contributed by atoms with van der Waals surface area (Å²) >= 11 is 0. The minimum Gasteiger partial charge on any atom is -0.479 e. The van der Waals surface area contributed by atoms with Crippen LogP contribution in [0.2, 0.25) is 0 Å². The number of fused-ring (bicyclic) bond motifs is 1. The van der Waals surface area contributed by atoms with Crippen molar-refractivity contribution in [3.8, 4) is 5.75 Å². The lowest BCUT2D eigenvalue weighted by atomic mass is 10.2. The maximum atomic E-state index is 12.3. The smallest absolute Gasteiger partial charge is 0.347 e. The third kappa shape index (κ3) is 4.08. The molecular formula is C20H20N2O4. The Balaban J connectivity index is 1.69. The molecule has 2 aromatic heterocycles. The summed E-state index contributed by atoms with van der Waals surface area (Å²) in [6.45, 7) is 3.67. The quantitative estimate of drug-likeness (QED) is 0.638. The van der Waals surface area contributed by atoms with Crippen LogP contribution in [0.4, 0.5) is 0 Å². The molecule has 0 aliphatic carbocycles. The molecule has 0 bridgehead atoms. The number of hydrogen-bond acceptors (Lipinski definition) is 5. The molecule has 2 heterocycles. The molecule has 3 aromatic rings. The molecule has 0 unspecified atom stereocenters. The molecule has 0 radical (unpaired) electrons. The number of benzene rings is 1. The van der Waals surface area contributed by atoms with Crippen molar-refractivity contribution in [3.05, 3.63) is 76.3 Å². The van der Waals surface area contributed by atoms with Gasteiger partial charge in [-0.1, -0.05) is 31.2 Å². The lowest BCUT2D eigenvalue weighted by Gasteiger charge is -2.16. The molecule has 1 aromatic carbocycles. The van der Waals surface area contributed by atoms with Gasteiger partial charge in [0, 0.05) is 12.3 Å². The molecule has 6 heteroatoms. The monoisotopic (exact) mass is 352 g/mol. The van der Waals surface area contributed by atoms with Gasteiger partial charge in [-0.25, -0.2) is 9.78 Å². The summed E-state index contributed by atoms with van der Waals surface area (Å²) in [6.07, 6.45) is 1.49. The number of ether oxygens (including phenoxy) is 2. The normalized spacial score (nSPS) is 11.9. The van der Waals surface area contributed by atoms with Gasteiger partial charge in [-0.05, 0) is 37.1 Å². The molecule has 0 aliphatic heterocycles. The topological polar surface area (TPSA) is 69.9 Å². The first-order chi connectivity index (χ1) is 12.6. The number of aryl methyl sites for hydroxylation is 1. The van der Waals surface area contributed by atoms with Crippen LogP contribution in [0.15, 0.2) is 59.5 Å². The highest BCUT2D eigenvalue weighted by molar-refractivity contribution is 5.75. The van der Waals surface area contributed by atoms with E-state index in [0.29, 0.717) is 23.5 Å². The second-order valence-corrected chi connectivity index (χ2v) is 5.96. The Bertz CT molecular complexity index is 966. The maximum Gasteiger partial charge on any atom is 0.347 e. The Morgan fingerprint density at radius 1 is 1.19 bits per heavy atom. The van der Waals surface area contributed by atoms with E-state index in [1.165, 1.54) is 10.5 Å². The van der Waals surface area contributed by atoms with Crippen molar-refractivity contribution in [1.82, 2.24) is 9.38 Å². The molecule has 0 spiro atoms. The fourth-order valence-electron chi connectivity index (χ4n) is 2.53. The van der Waals surface area contributed by atoms with Gasteiger partial charge < -0.3 is 9.47 Å². The number of pyridine rings is 1. The fourth-order valence-corrected chi connectivity index (χ4v) is 2.53. The fraction of sp³-hybridized carbons (Fsp3) is 0.250. The van der Waals surface area contributed by atoms with E-state index >= 15 is 0 Å². The summed E-state index contributed by atoms with van der Waals surface area (Å²) in [6, 6.07) is 14.1. The Kier molecular flexibility index (Phi) is 5.31. The van der Waals surface area contributed by atoms with Crippen molar-refractivity contribution in [2.75, 3.05) is 0 Å². The summed E-state index contributed by atoms with van der Waals surface area (Å²) in [4.78, 5) is 28.8. The van der Waals surface area contributed by atoms with Gasteiger partial charge in [-0.3, -0.25) is 9.20 Å².